The minimum atomic E-state index is 0.764. The van der Waals surface area contributed by atoms with Crippen LogP contribution in [0, 0.1) is 0 Å². The molecule has 0 spiro atoms. The van der Waals surface area contributed by atoms with E-state index in [0.29, 0.717) is 0 Å². The number of methoxy groups -OCH3 is 1. The molecule has 0 atom stereocenters. The molecule has 0 radical (unpaired) electrons. The maximum atomic E-state index is 5.22. The van der Waals surface area contributed by atoms with E-state index in [4.69, 9.17) is 9.84 Å². The third-order valence-corrected chi connectivity index (χ3v) is 5.55. The number of rotatable bonds is 4. The highest BCUT2D eigenvalue weighted by molar-refractivity contribution is 7.14. The van der Waals surface area contributed by atoms with Gasteiger partial charge < -0.3 is 4.74 Å². The van der Waals surface area contributed by atoms with Crippen LogP contribution in [0.15, 0.2) is 83.3 Å². The van der Waals surface area contributed by atoms with Crippen molar-refractivity contribution in [2.24, 2.45) is 5.10 Å². The first kappa shape index (κ1) is 16.7. The Kier molecular flexibility index (Phi) is 4.14. The summed E-state index contributed by atoms with van der Waals surface area (Å²) in [7, 11) is 1.67. The van der Waals surface area contributed by atoms with Crippen molar-refractivity contribution in [2.45, 2.75) is 0 Å². The molecule has 0 saturated carbocycles. The Bertz CT molecular complexity index is 1130. The van der Waals surface area contributed by atoms with Crippen molar-refractivity contribution in [1.29, 1.82) is 0 Å². The van der Waals surface area contributed by atoms with Crippen molar-refractivity contribution in [3.8, 4) is 28.1 Å². The standard InChI is InChI=1S/C23H17N3OS/c1-27-16-12-10-15(11-13-16)21-14-28-23(24-21)26-25-22-19-8-4-2-6-17(19)18-7-3-5-9-20(18)22/h2-14H,1H3,(H,24,26). The molecule has 136 valence electrons. The maximum absolute atomic E-state index is 5.22. The molecule has 1 aromatic heterocycles. The van der Waals surface area contributed by atoms with Crippen LogP contribution in [0.4, 0.5) is 5.13 Å². The van der Waals surface area contributed by atoms with Gasteiger partial charge in [0.15, 0.2) is 0 Å². The first-order valence-electron chi connectivity index (χ1n) is 8.96. The molecule has 1 heterocycles. The number of anilines is 1. The van der Waals surface area contributed by atoms with Crippen molar-refractivity contribution in [2.75, 3.05) is 12.5 Å². The lowest BCUT2D eigenvalue weighted by molar-refractivity contribution is 0.415. The van der Waals surface area contributed by atoms with Crippen LogP contribution >= 0.6 is 11.3 Å². The van der Waals surface area contributed by atoms with E-state index in [0.717, 1.165) is 39.0 Å². The summed E-state index contributed by atoms with van der Waals surface area (Å²) in [5, 5.41) is 7.50. The van der Waals surface area contributed by atoms with Gasteiger partial charge in [0.2, 0.25) is 5.13 Å². The van der Waals surface area contributed by atoms with Crippen LogP contribution in [0.25, 0.3) is 22.4 Å². The summed E-state index contributed by atoms with van der Waals surface area (Å²) in [4.78, 5) is 4.67. The van der Waals surface area contributed by atoms with Crippen LogP contribution in [0.2, 0.25) is 0 Å². The number of fused-ring (bicyclic) bond motifs is 3. The van der Waals surface area contributed by atoms with Gasteiger partial charge in [-0.15, -0.1) is 11.3 Å². The molecule has 4 aromatic rings. The van der Waals surface area contributed by atoms with Crippen LogP contribution in [-0.4, -0.2) is 17.8 Å². The highest BCUT2D eigenvalue weighted by Crippen LogP contribution is 2.36. The van der Waals surface area contributed by atoms with Crippen molar-refractivity contribution >= 4 is 22.2 Å². The van der Waals surface area contributed by atoms with E-state index in [1.54, 1.807) is 7.11 Å². The maximum Gasteiger partial charge on any atom is 0.203 e. The molecule has 5 rings (SSSR count). The highest BCUT2D eigenvalue weighted by Gasteiger charge is 2.24. The van der Waals surface area contributed by atoms with Crippen LogP contribution < -0.4 is 10.2 Å². The summed E-state index contributed by atoms with van der Waals surface area (Å²) in [6, 6.07) is 24.6. The molecule has 0 aliphatic heterocycles. The number of aromatic nitrogens is 1. The quantitative estimate of drug-likeness (QED) is 0.407. The van der Waals surface area contributed by atoms with Crippen LogP contribution in [0.5, 0.6) is 5.75 Å². The number of hydrogen-bond acceptors (Lipinski definition) is 5. The number of benzene rings is 3. The fraction of sp³-hybridized carbons (Fsp3) is 0.0435. The predicted octanol–water partition coefficient (Wildman–Crippen LogP) is 5.66. The summed E-state index contributed by atoms with van der Waals surface area (Å²) in [6.07, 6.45) is 0. The number of nitrogens with one attached hydrogen (secondary N) is 1. The Hall–Kier alpha value is -3.44. The van der Waals surface area contributed by atoms with Crippen molar-refractivity contribution in [3.63, 3.8) is 0 Å². The van der Waals surface area contributed by atoms with Gasteiger partial charge in [-0.05, 0) is 35.4 Å². The highest BCUT2D eigenvalue weighted by atomic mass is 32.1. The number of hydrazone groups is 1. The van der Waals surface area contributed by atoms with Gasteiger partial charge in [0.05, 0.1) is 18.5 Å². The Morgan fingerprint density at radius 2 is 1.43 bits per heavy atom. The summed E-state index contributed by atoms with van der Waals surface area (Å²) >= 11 is 1.54. The van der Waals surface area contributed by atoms with Crippen molar-refractivity contribution < 1.29 is 4.74 Å². The molecule has 4 nitrogen and oxygen atoms in total. The number of hydrogen-bond donors (Lipinski definition) is 1. The summed E-state index contributed by atoms with van der Waals surface area (Å²) in [6.45, 7) is 0. The summed E-state index contributed by atoms with van der Waals surface area (Å²) in [5.41, 5.74) is 10.8. The SMILES string of the molecule is COc1ccc(-c2csc(NN=C3c4ccccc4-c4ccccc43)n2)cc1. The van der Waals surface area contributed by atoms with Gasteiger partial charge in [-0.3, -0.25) is 5.43 Å². The molecule has 0 amide bonds. The van der Waals surface area contributed by atoms with Gasteiger partial charge in [-0.1, -0.05) is 48.5 Å². The van der Waals surface area contributed by atoms with E-state index in [2.05, 4.69) is 46.8 Å². The van der Waals surface area contributed by atoms with Crippen LogP contribution in [0.3, 0.4) is 0 Å². The summed E-state index contributed by atoms with van der Waals surface area (Å²) < 4.78 is 5.22. The zero-order chi connectivity index (χ0) is 18.9. The first-order valence-corrected chi connectivity index (χ1v) is 9.84. The lowest BCUT2D eigenvalue weighted by Gasteiger charge is -2.02. The number of ether oxygens (including phenoxy) is 1. The smallest absolute Gasteiger partial charge is 0.203 e. The third-order valence-electron chi connectivity index (χ3n) is 4.81. The van der Waals surface area contributed by atoms with Gasteiger partial charge in [-0.25, -0.2) is 4.98 Å². The average molecular weight is 383 g/mol. The molecule has 0 fully saturated rings. The third kappa shape index (κ3) is 2.86. The second-order valence-corrected chi connectivity index (χ2v) is 7.29. The lowest BCUT2D eigenvalue weighted by atomic mass is 10.1. The number of nitrogens with zero attached hydrogens (tertiary/aromatic N) is 2. The van der Waals surface area contributed by atoms with Gasteiger partial charge in [0, 0.05) is 22.1 Å². The fourth-order valence-corrected chi connectivity index (χ4v) is 4.10. The minimum Gasteiger partial charge on any atom is -0.497 e. The van der Waals surface area contributed by atoms with Gasteiger partial charge >= 0.3 is 0 Å². The Labute approximate surface area is 167 Å². The molecule has 3 aromatic carbocycles. The molecule has 0 bridgehead atoms. The van der Waals surface area contributed by atoms with E-state index in [1.165, 1.54) is 22.5 Å². The summed E-state index contributed by atoms with van der Waals surface area (Å²) in [5.74, 6) is 0.835. The van der Waals surface area contributed by atoms with E-state index in [9.17, 15) is 0 Å². The van der Waals surface area contributed by atoms with Crippen LogP contribution in [0.1, 0.15) is 11.1 Å². The topological polar surface area (TPSA) is 46.5 Å². The minimum absolute atomic E-state index is 0.764. The molecule has 5 heteroatoms. The Morgan fingerprint density at radius 1 is 0.821 bits per heavy atom. The molecule has 1 aliphatic carbocycles. The van der Waals surface area contributed by atoms with Gasteiger partial charge in [0.25, 0.3) is 0 Å². The fourth-order valence-electron chi connectivity index (χ4n) is 3.44. The predicted molar refractivity (Wildman–Crippen MR) is 115 cm³/mol. The molecular weight excluding hydrogens is 366 g/mol. The van der Waals surface area contributed by atoms with E-state index in [-0.39, 0.29) is 0 Å². The second kappa shape index (κ2) is 6.94. The molecule has 0 saturated heterocycles. The monoisotopic (exact) mass is 383 g/mol. The molecule has 28 heavy (non-hydrogen) atoms. The average Bonchev–Trinajstić information content (AvgIpc) is 3.35. The zero-order valence-corrected chi connectivity index (χ0v) is 16.0. The Balaban J connectivity index is 1.45. The normalized spacial score (nSPS) is 11.7. The largest absolute Gasteiger partial charge is 0.497 e. The molecule has 1 N–H and O–H groups in total. The van der Waals surface area contributed by atoms with E-state index >= 15 is 0 Å². The Morgan fingerprint density at radius 3 is 2.04 bits per heavy atom. The van der Waals surface area contributed by atoms with Crippen LogP contribution in [-0.2, 0) is 0 Å². The van der Waals surface area contributed by atoms with Gasteiger partial charge in [0.1, 0.15) is 5.75 Å². The van der Waals surface area contributed by atoms with Crippen molar-refractivity contribution in [1.82, 2.24) is 4.98 Å². The second-order valence-electron chi connectivity index (χ2n) is 6.43. The number of thiazole rings is 1. The zero-order valence-electron chi connectivity index (χ0n) is 15.2. The molecule has 1 aliphatic rings. The molecular formula is C23H17N3OS. The van der Waals surface area contributed by atoms with E-state index in [1.807, 2.05) is 41.8 Å². The van der Waals surface area contributed by atoms with Gasteiger partial charge in [-0.2, -0.15) is 5.10 Å². The van der Waals surface area contributed by atoms with E-state index < -0.39 is 0 Å². The van der Waals surface area contributed by atoms with Crippen molar-refractivity contribution in [3.05, 3.63) is 89.3 Å². The molecule has 0 unspecified atom stereocenters. The lowest BCUT2D eigenvalue weighted by Crippen LogP contribution is -2.02. The first-order chi connectivity index (χ1) is 13.8.